The molecule has 1 fully saturated rings. The lowest BCUT2D eigenvalue weighted by atomic mass is 10.1. The second-order valence-corrected chi connectivity index (χ2v) is 6.26. The van der Waals surface area contributed by atoms with Crippen molar-refractivity contribution in [3.05, 3.63) is 66.0 Å². The molecule has 2 aromatic carbocycles. The number of hydrogen-bond acceptors (Lipinski definition) is 3. The van der Waals surface area contributed by atoms with Gasteiger partial charge in [-0.2, -0.15) is 0 Å². The Bertz CT molecular complexity index is 932. The Hall–Kier alpha value is -2.95. The number of amides is 1. The molecule has 0 unspecified atom stereocenters. The predicted molar refractivity (Wildman–Crippen MR) is 89.8 cm³/mol. The van der Waals surface area contributed by atoms with E-state index in [2.05, 4.69) is 14.8 Å². The summed E-state index contributed by atoms with van der Waals surface area (Å²) in [6, 6.07) is 17.8. The zero-order valence-electron chi connectivity index (χ0n) is 13.1. The highest BCUT2D eigenvalue weighted by Crippen LogP contribution is 2.39. The van der Waals surface area contributed by atoms with Crippen molar-refractivity contribution in [2.45, 2.75) is 18.9 Å². The highest BCUT2D eigenvalue weighted by Gasteiger charge is 2.39. The van der Waals surface area contributed by atoms with E-state index in [-0.39, 0.29) is 11.9 Å². The maximum absolute atomic E-state index is 13.0. The van der Waals surface area contributed by atoms with Crippen LogP contribution >= 0.6 is 0 Å². The maximum atomic E-state index is 13.0. The molecule has 1 saturated heterocycles. The molecule has 1 atom stereocenters. The standard InChI is InChI=1S/C19H16N4O/c24-19-14-9-4-5-10-15(14)23-17(13-7-2-1-3-8-13)20-21-18(23)16-11-6-12-22(16)19/h1-5,7-10,16H,6,11-12H2/t16-/m0/s1. The molecule has 0 N–H and O–H groups in total. The average Bonchev–Trinajstić information content (AvgIpc) is 3.26. The van der Waals surface area contributed by atoms with E-state index in [1.165, 1.54) is 0 Å². The maximum Gasteiger partial charge on any atom is 0.256 e. The van der Waals surface area contributed by atoms with Crippen LogP contribution in [0.25, 0.3) is 17.1 Å². The summed E-state index contributed by atoms with van der Waals surface area (Å²) >= 11 is 0. The molecule has 3 aromatic rings. The van der Waals surface area contributed by atoms with Crippen molar-refractivity contribution >= 4 is 5.91 Å². The van der Waals surface area contributed by atoms with Crippen molar-refractivity contribution < 1.29 is 4.79 Å². The van der Waals surface area contributed by atoms with Gasteiger partial charge in [-0.1, -0.05) is 42.5 Å². The zero-order valence-corrected chi connectivity index (χ0v) is 13.1. The van der Waals surface area contributed by atoms with Gasteiger partial charge in [-0.3, -0.25) is 9.36 Å². The van der Waals surface area contributed by atoms with Crippen LogP contribution in [0.5, 0.6) is 0 Å². The first kappa shape index (κ1) is 13.5. The second kappa shape index (κ2) is 5.03. The van der Waals surface area contributed by atoms with Gasteiger partial charge in [0.15, 0.2) is 11.6 Å². The number of para-hydroxylation sites is 1. The van der Waals surface area contributed by atoms with Crippen LogP contribution in [0.1, 0.15) is 35.1 Å². The summed E-state index contributed by atoms with van der Waals surface area (Å²) in [7, 11) is 0. The summed E-state index contributed by atoms with van der Waals surface area (Å²) in [6.07, 6.45) is 1.94. The number of benzene rings is 2. The third-order valence-electron chi connectivity index (χ3n) is 4.91. The minimum Gasteiger partial charge on any atom is -0.328 e. The summed E-state index contributed by atoms with van der Waals surface area (Å²) in [5.41, 5.74) is 2.60. The fraction of sp³-hybridized carbons (Fsp3) is 0.211. The van der Waals surface area contributed by atoms with Crippen LogP contribution in [0.15, 0.2) is 54.6 Å². The van der Waals surface area contributed by atoms with Crippen molar-refractivity contribution in [3.8, 4) is 17.1 Å². The molecule has 24 heavy (non-hydrogen) atoms. The number of fused-ring (bicyclic) bond motifs is 5. The molecule has 0 saturated carbocycles. The van der Waals surface area contributed by atoms with Gasteiger partial charge in [0.25, 0.3) is 5.91 Å². The number of carbonyl (C=O) groups is 1. The van der Waals surface area contributed by atoms with Crippen molar-refractivity contribution in [1.29, 1.82) is 0 Å². The Kier molecular flexibility index (Phi) is 2.82. The molecule has 0 bridgehead atoms. The Morgan fingerprint density at radius 3 is 2.62 bits per heavy atom. The first-order valence-corrected chi connectivity index (χ1v) is 8.26. The molecule has 1 aromatic heterocycles. The third-order valence-corrected chi connectivity index (χ3v) is 4.91. The lowest BCUT2D eigenvalue weighted by molar-refractivity contribution is 0.0736. The molecular formula is C19H16N4O. The van der Waals surface area contributed by atoms with Crippen molar-refractivity contribution in [1.82, 2.24) is 19.7 Å². The molecule has 0 radical (unpaired) electrons. The van der Waals surface area contributed by atoms with Gasteiger partial charge in [0.2, 0.25) is 0 Å². The fourth-order valence-electron chi connectivity index (χ4n) is 3.81. The monoisotopic (exact) mass is 316 g/mol. The van der Waals surface area contributed by atoms with Crippen LogP contribution in [0.4, 0.5) is 0 Å². The second-order valence-electron chi connectivity index (χ2n) is 6.26. The van der Waals surface area contributed by atoms with Crippen LogP contribution < -0.4 is 0 Å². The van der Waals surface area contributed by atoms with Gasteiger partial charge in [0, 0.05) is 12.1 Å². The van der Waals surface area contributed by atoms with Crippen LogP contribution in [0.3, 0.4) is 0 Å². The molecule has 0 aliphatic carbocycles. The number of carbonyl (C=O) groups excluding carboxylic acids is 1. The Morgan fingerprint density at radius 2 is 1.75 bits per heavy atom. The fourth-order valence-corrected chi connectivity index (χ4v) is 3.81. The quantitative estimate of drug-likeness (QED) is 0.692. The molecule has 5 heteroatoms. The zero-order chi connectivity index (χ0) is 16.1. The summed E-state index contributed by atoms with van der Waals surface area (Å²) < 4.78 is 2.07. The van der Waals surface area contributed by atoms with E-state index < -0.39 is 0 Å². The van der Waals surface area contributed by atoms with Crippen LogP contribution in [0, 0.1) is 0 Å². The highest BCUT2D eigenvalue weighted by atomic mass is 16.2. The SMILES string of the molecule is O=C1c2ccccc2-n2c(-c3ccccc3)nnc2[C@@H]2CCCN12. The van der Waals surface area contributed by atoms with Gasteiger partial charge >= 0.3 is 0 Å². The van der Waals surface area contributed by atoms with E-state index in [0.717, 1.165) is 47.8 Å². The third kappa shape index (κ3) is 1.78. The van der Waals surface area contributed by atoms with Crippen molar-refractivity contribution in [2.24, 2.45) is 0 Å². The summed E-state index contributed by atoms with van der Waals surface area (Å²) in [6.45, 7) is 0.783. The van der Waals surface area contributed by atoms with E-state index >= 15 is 0 Å². The Balaban J connectivity index is 1.83. The molecule has 3 heterocycles. The molecule has 5 rings (SSSR count). The topological polar surface area (TPSA) is 51.0 Å². The summed E-state index contributed by atoms with van der Waals surface area (Å²) in [5.74, 6) is 1.75. The molecular weight excluding hydrogens is 300 g/mol. The van der Waals surface area contributed by atoms with Gasteiger partial charge in [-0.25, -0.2) is 0 Å². The lowest BCUT2D eigenvalue weighted by Gasteiger charge is -2.20. The van der Waals surface area contributed by atoms with E-state index in [1.54, 1.807) is 0 Å². The van der Waals surface area contributed by atoms with E-state index in [4.69, 9.17) is 0 Å². The van der Waals surface area contributed by atoms with Crippen LogP contribution in [-0.4, -0.2) is 32.1 Å². The van der Waals surface area contributed by atoms with E-state index in [0.29, 0.717) is 0 Å². The van der Waals surface area contributed by atoms with Crippen LogP contribution in [0.2, 0.25) is 0 Å². The average molecular weight is 316 g/mol. The van der Waals surface area contributed by atoms with Crippen LogP contribution in [-0.2, 0) is 0 Å². The normalized spacial score (nSPS) is 18.8. The van der Waals surface area contributed by atoms with Gasteiger partial charge in [0.05, 0.1) is 17.3 Å². The number of hydrogen-bond donors (Lipinski definition) is 0. The lowest BCUT2D eigenvalue weighted by Crippen LogP contribution is -2.29. The minimum atomic E-state index is 0.00913. The van der Waals surface area contributed by atoms with Gasteiger partial charge < -0.3 is 4.90 Å². The molecule has 118 valence electrons. The van der Waals surface area contributed by atoms with Gasteiger partial charge in [0.1, 0.15) is 0 Å². The summed E-state index contributed by atoms with van der Waals surface area (Å²) in [5, 5.41) is 8.96. The Labute approximate surface area is 139 Å². The number of nitrogens with zero attached hydrogens (tertiary/aromatic N) is 4. The smallest absolute Gasteiger partial charge is 0.256 e. The first-order chi connectivity index (χ1) is 11.8. The molecule has 0 spiro atoms. The molecule has 2 aliphatic heterocycles. The minimum absolute atomic E-state index is 0.00913. The van der Waals surface area contributed by atoms with E-state index in [1.807, 2.05) is 59.5 Å². The molecule has 5 nitrogen and oxygen atoms in total. The first-order valence-electron chi connectivity index (χ1n) is 8.26. The highest BCUT2D eigenvalue weighted by molar-refractivity contribution is 5.99. The van der Waals surface area contributed by atoms with Gasteiger partial charge in [-0.15, -0.1) is 10.2 Å². The van der Waals surface area contributed by atoms with Crippen molar-refractivity contribution in [3.63, 3.8) is 0 Å². The number of aromatic nitrogens is 3. The van der Waals surface area contributed by atoms with Crippen molar-refractivity contribution in [2.75, 3.05) is 6.54 Å². The predicted octanol–water partition coefficient (Wildman–Crippen LogP) is 3.23. The Morgan fingerprint density at radius 1 is 0.958 bits per heavy atom. The summed E-state index contributed by atoms with van der Waals surface area (Å²) in [4.78, 5) is 14.9. The molecule has 1 amide bonds. The largest absolute Gasteiger partial charge is 0.328 e. The molecule has 2 aliphatic rings. The van der Waals surface area contributed by atoms with E-state index in [9.17, 15) is 4.79 Å². The van der Waals surface area contributed by atoms with Gasteiger partial charge in [-0.05, 0) is 25.0 Å². The number of rotatable bonds is 1.